The molecule has 0 heterocycles. The van der Waals surface area contributed by atoms with E-state index in [0.717, 1.165) is 12.6 Å². The molecule has 1 aliphatic carbocycles. The molecule has 0 spiro atoms. The van der Waals surface area contributed by atoms with E-state index in [0.29, 0.717) is 0 Å². The van der Waals surface area contributed by atoms with E-state index in [9.17, 15) is 0 Å². The van der Waals surface area contributed by atoms with Crippen LogP contribution in [0.4, 0.5) is 0 Å². The predicted molar refractivity (Wildman–Crippen MR) is 48.3 cm³/mol. The summed E-state index contributed by atoms with van der Waals surface area (Å²) in [4.78, 5) is 0. The molecular weight excluding hydrogens is 136 g/mol. The standard InChI is InChI=1S/C9H20N2/c1-3-7-10-11(8-4-2)9-5-6-9/h9-10H,3-8H2,1-2H3. The summed E-state index contributed by atoms with van der Waals surface area (Å²) in [6.07, 6.45) is 5.29. The lowest BCUT2D eigenvalue weighted by Gasteiger charge is -2.21. The number of hydrogen-bond donors (Lipinski definition) is 1. The van der Waals surface area contributed by atoms with Gasteiger partial charge in [0.25, 0.3) is 0 Å². The van der Waals surface area contributed by atoms with Crippen molar-refractivity contribution in [2.24, 2.45) is 0 Å². The van der Waals surface area contributed by atoms with Crippen molar-refractivity contribution in [2.45, 2.75) is 45.6 Å². The first kappa shape index (κ1) is 9.01. The second-order valence-corrected chi connectivity index (χ2v) is 3.33. The Kier molecular flexibility index (Phi) is 3.87. The van der Waals surface area contributed by atoms with Gasteiger partial charge in [-0.2, -0.15) is 0 Å². The van der Waals surface area contributed by atoms with Gasteiger partial charge in [0.05, 0.1) is 0 Å². The molecule has 2 heteroatoms. The van der Waals surface area contributed by atoms with E-state index in [1.165, 1.54) is 32.2 Å². The molecule has 0 bridgehead atoms. The maximum absolute atomic E-state index is 3.47. The fourth-order valence-electron chi connectivity index (χ4n) is 1.27. The van der Waals surface area contributed by atoms with Crippen molar-refractivity contribution in [1.29, 1.82) is 0 Å². The number of nitrogens with one attached hydrogen (secondary N) is 1. The molecule has 0 saturated heterocycles. The van der Waals surface area contributed by atoms with Crippen LogP contribution in [0.2, 0.25) is 0 Å². The monoisotopic (exact) mass is 156 g/mol. The second-order valence-electron chi connectivity index (χ2n) is 3.33. The fourth-order valence-corrected chi connectivity index (χ4v) is 1.27. The van der Waals surface area contributed by atoms with Crippen molar-refractivity contribution in [3.63, 3.8) is 0 Å². The Morgan fingerprint density at radius 2 is 2.00 bits per heavy atom. The molecular formula is C9H20N2. The molecule has 1 N–H and O–H groups in total. The normalized spacial score (nSPS) is 17.7. The lowest BCUT2D eigenvalue weighted by atomic mass is 10.4. The SMILES string of the molecule is CCCNN(CCC)C1CC1. The Balaban J connectivity index is 2.10. The lowest BCUT2D eigenvalue weighted by molar-refractivity contribution is 0.177. The molecule has 0 radical (unpaired) electrons. The first-order chi connectivity index (χ1) is 5.38. The molecule has 1 rings (SSSR count). The van der Waals surface area contributed by atoms with Crippen LogP contribution in [0.15, 0.2) is 0 Å². The van der Waals surface area contributed by atoms with Gasteiger partial charge < -0.3 is 0 Å². The molecule has 0 unspecified atom stereocenters. The molecule has 0 aromatic rings. The summed E-state index contributed by atoms with van der Waals surface area (Å²) in [5.74, 6) is 0. The topological polar surface area (TPSA) is 15.3 Å². The third-order valence-corrected chi connectivity index (χ3v) is 2.02. The van der Waals surface area contributed by atoms with E-state index in [1.54, 1.807) is 0 Å². The van der Waals surface area contributed by atoms with Gasteiger partial charge in [0, 0.05) is 19.1 Å². The van der Waals surface area contributed by atoms with Crippen molar-refractivity contribution in [3.05, 3.63) is 0 Å². The zero-order valence-corrected chi connectivity index (χ0v) is 7.77. The third-order valence-electron chi connectivity index (χ3n) is 2.02. The van der Waals surface area contributed by atoms with Crippen molar-refractivity contribution in [1.82, 2.24) is 10.4 Å². The number of hydrazine groups is 1. The Hall–Kier alpha value is -0.0800. The molecule has 1 saturated carbocycles. The number of rotatable bonds is 6. The minimum absolute atomic E-state index is 0.862. The van der Waals surface area contributed by atoms with E-state index < -0.39 is 0 Å². The van der Waals surface area contributed by atoms with Gasteiger partial charge in [0.15, 0.2) is 0 Å². The lowest BCUT2D eigenvalue weighted by Crippen LogP contribution is -2.40. The predicted octanol–water partition coefficient (Wildman–Crippen LogP) is 1.78. The highest BCUT2D eigenvalue weighted by Crippen LogP contribution is 2.25. The molecule has 2 nitrogen and oxygen atoms in total. The largest absolute Gasteiger partial charge is 0.255 e. The van der Waals surface area contributed by atoms with Crippen LogP contribution in [0, 0.1) is 0 Å². The molecule has 1 aliphatic rings. The maximum atomic E-state index is 3.47. The molecule has 1 fully saturated rings. The minimum atomic E-state index is 0.862. The van der Waals surface area contributed by atoms with Crippen molar-refractivity contribution >= 4 is 0 Å². The Bertz CT molecular complexity index is 99.7. The van der Waals surface area contributed by atoms with Crippen LogP contribution in [-0.4, -0.2) is 24.1 Å². The van der Waals surface area contributed by atoms with Gasteiger partial charge in [-0.25, -0.2) is 5.01 Å². The van der Waals surface area contributed by atoms with Gasteiger partial charge in [0.2, 0.25) is 0 Å². The molecule has 0 amide bonds. The summed E-state index contributed by atoms with van der Waals surface area (Å²) >= 11 is 0. The molecule has 0 aromatic heterocycles. The van der Waals surface area contributed by atoms with Crippen LogP contribution >= 0.6 is 0 Å². The number of hydrogen-bond acceptors (Lipinski definition) is 2. The highest BCUT2D eigenvalue weighted by atomic mass is 15.5. The summed E-state index contributed by atoms with van der Waals surface area (Å²) in [5, 5.41) is 2.42. The summed E-state index contributed by atoms with van der Waals surface area (Å²) in [6.45, 7) is 6.80. The van der Waals surface area contributed by atoms with E-state index in [4.69, 9.17) is 0 Å². The van der Waals surface area contributed by atoms with Crippen LogP contribution in [0.3, 0.4) is 0 Å². The van der Waals surface area contributed by atoms with E-state index >= 15 is 0 Å². The Morgan fingerprint density at radius 1 is 1.27 bits per heavy atom. The first-order valence-corrected chi connectivity index (χ1v) is 4.88. The van der Waals surface area contributed by atoms with Gasteiger partial charge in [-0.15, -0.1) is 0 Å². The van der Waals surface area contributed by atoms with Crippen molar-refractivity contribution in [2.75, 3.05) is 13.1 Å². The van der Waals surface area contributed by atoms with Crippen LogP contribution in [0.5, 0.6) is 0 Å². The van der Waals surface area contributed by atoms with Crippen LogP contribution < -0.4 is 5.43 Å². The molecule has 11 heavy (non-hydrogen) atoms. The van der Waals surface area contributed by atoms with Crippen molar-refractivity contribution < 1.29 is 0 Å². The highest BCUT2D eigenvalue weighted by Gasteiger charge is 2.27. The highest BCUT2D eigenvalue weighted by molar-refractivity contribution is 4.81. The maximum Gasteiger partial charge on any atom is 0.0244 e. The zero-order valence-electron chi connectivity index (χ0n) is 7.77. The molecule has 0 atom stereocenters. The van der Waals surface area contributed by atoms with Gasteiger partial charge >= 0.3 is 0 Å². The van der Waals surface area contributed by atoms with E-state index in [2.05, 4.69) is 24.3 Å². The first-order valence-electron chi connectivity index (χ1n) is 4.88. The van der Waals surface area contributed by atoms with Crippen molar-refractivity contribution in [3.8, 4) is 0 Å². The second kappa shape index (κ2) is 4.73. The fraction of sp³-hybridized carbons (Fsp3) is 1.00. The summed E-state index contributed by atoms with van der Waals surface area (Å²) < 4.78 is 0. The smallest absolute Gasteiger partial charge is 0.0244 e. The molecule has 0 aromatic carbocycles. The van der Waals surface area contributed by atoms with Crippen LogP contribution in [0.25, 0.3) is 0 Å². The van der Waals surface area contributed by atoms with Crippen LogP contribution in [0.1, 0.15) is 39.5 Å². The van der Waals surface area contributed by atoms with Gasteiger partial charge in [-0.1, -0.05) is 13.8 Å². The minimum Gasteiger partial charge on any atom is -0.255 e. The zero-order chi connectivity index (χ0) is 8.10. The van der Waals surface area contributed by atoms with E-state index in [1.807, 2.05) is 0 Å². The third kappa shape index (κ3) is 3.21. The van der Waals surface area contributed by atoms with E-state index in [-0.39, 0.29) is 0 Å². The quantitative estimate of drug-likeness (QED) is 0.590. The summed E-state index contributed by atoms with van der Waals surface area (Å²) in [7, 11) is 0. The molecule has 0 aliphatic heterocycles. The van der Waals surface area contributed by atoms with Gasteiger partial charge in [-0.3, -0.25) is 5.43 Å². The average Bonchev–Trinajstić information content (AvgIpc) is 2.80. The van der Waals surface area contributed by atoms with Gasteiger partial charge in [0.1, 0.15) is 0 Å². The molecule has 66 valence electrons. The number of nitrogens with zero attached hydrogens (tertiary/aromatic N) is 1. The Morgan fingerprint density at radius 3 is 2.45 bits per heavy atom. The van der Waals surface area contributed by atoms with Gasteiger partial charge in [-0.05, 0) is 25.7 Å². The summed E-state index contributed by atoms with van der Waals surface area (Å²) in [6, 6.07) is 0.862. The Labute approximate surface area is 69.9 Å². The average molecular weight is 156 g/mol. The van der Waals surface area contributed by atoms with Crippen LogP contribution in [-0.2, 0) is 0 Å². The summed E-state index contributed by atoms with van der Waals surface area (Å²) in [5.41, 5.74) is 3.47.